The summed E-state index contributed by atoms with van der Waals surface area (Å²) < 4.78 is 16.7. The Morgan fingerprint density at radius 2 is 1.74 bits per heavy atom. The van der Waals surface area contributed by atoms with Gasteiger partial charge < -0.3 is 24.4 Å². The molecule has 1 saturated heterocycles. The standard InChI is InChI=1S/C27H27N3O5/c1-33-24-17-19(11-12-23(24)35-18-25(31)29-13-15-34-16-14-29)26-28-22-10-6-5-9-21(22)27(32)30(26)20-7-3-2-4-8-20/h2-12,17,26,28H,13-16,18H2,1H3. The summed E-state index contributed by atoms with van der Waals surface area (Å²) in [5.41, 5.74) is 2.98. The molecule has 3 aromatic rings. The molecule has 0 aromatic heterocycles. The van der Waals surface area contributed by atoms with E-state index >= 15 is 0 Å². The van der Waals surface area contributed by atoms with Crippen molar-refractivity contribution < 1.29 is 23.8 Å². The van der Waals surface area contributed by atoms with Crippen molar-refractivity contribution in [3.63, 3.8) is 0 Å². The van der Waals surface area contributed by atoms with Gasteiger partial charge in [-0.1, -0.05) is 36.4 Å². The van der Waals surface area contributed by atoms with Crippen LogP contribution in [0.25, 0.3) is 0 Å². The number of hydrogen-bond donors (Lipinski definition) is 1. The van der Waals surface area contributed by atoms with Gasteiger partial charge >= 0.3 is 0 Å². The highest BCUT2D eigenvalue weighted by Gasteiger charge is 2.34. The van der Waals surface area contributed by atoms with Gasteiger partial charge in [-0.2, -0.15) is 0 Å². The highest BCUT2D eigenvalue weighted by Crippen LogP contribution is 2.39. The van der Waals surface area contributed by atoms with Crippen LogP contribution in [0, 0.1) is 0 Å². The molecule has 1 N–H and O–H groups in total. The van der Waals surface area contributed by atoms with Crippen molar-refractivity contribution >= 4 is 23.2 Å². The zero-order valence-corrected chi connectivity index (χ0v) is 19.5. The monoisotopic (exact) mass is 473 g/mol. The molecule has 0 saturated carbocycles. The fraction of sp³-hybridized carbons (Fsp3) is 0.259. The van der Waals surface area contributed by atoms with E-state index in [0.29, 0.717) is 43.4 Å². The van der Waals surface area contributed by atoms with Crippen LogP contribution in [-0.2, 0) is 9.53 Å². The topological polar surface area (TPSA) is 80.3 Å². The van der Waals surface area contributed by atoms with Gasteiger partial charge in [-0.25, -0.2) is 0 Å². The number of hydrogen-bond acceptors (Lipinski definition) is 6. The van der Waals surface area contributed by atoms with Crippen molar-refractivity contribution in [1.82, 2.24) is 4.90 Å². The Balaban J connectivity index is 1.42. The van der Waals surface area contributed by atoms with Crippen molar-refractivity contribution in [1.29, 1.82) is 0 Å². The number of nitrogens with one attached hydrogen (secondary N) is 1. The molecule has 1 unspecified atom stereocenters. The number of fused-ring (bicyclic) bond motifs is 1. The molecule has 0 aliphatic carbocycles. The number of carbonyl (C=O) groups is 2. The summed E-state index contributed by atoms with van der Waals surface area (Å²) in [4.78, 5) is 29.5. The lowest BCUT2D eigenvalue weighted by Gasteiger charge is -2.38. The maximum absolute atomic E-state index is 13.5. The summed E-state index contributed by atoms with van der Waals surface area (Å²) in [6, 6.07) is 22.5. The number of amides is 2. The molecule has 0 bridgehead atoms. The van der Waals surface area contributed by atoms with E-state index in [1.54, 1.807) is 23.0 Å². The Morgan fingerprint density at radius 1 is 1.00 bits per heavy atom. The lowest BCUT2D eigenvalue weighted by atomic mass is 10.0. The number of benzene rings is 3. The van der Waals surface area contributed by atoms with Gasteiger partial charge in [0.25, 0.3) is 11.8 Å². The molecule has 2 aliphatic rings. The van der Waals surface area contributed by atoms with Crippen LogP contribution in [0.2, 0.25) is 0 Å². The predicted molar refractivity (Wildman–Crippen MR) is 132 cm³/mol. The van der Waals surface area contributed by atoms with Crippen LogP contribution in [0.5, 0.6) is 11.5 Å². The first-order valence-corrected chi connectivity index (χ1v) is 11.6. The quantitative estimate of drug-likeness (QED) is 0.588. The van der Waals surface area contributed by atoms with Gasteiger partial charge in [-0.15, -0.1) is 0 Å². The second kappa shape index (κ2) is 10.1. The van der Waals surface area contributed by atoms with Crippen LogP contribution in [0.4, 0.5) is 11.4 Å². The minimum absolute atomic E-state index is 0.0839. The number of anilines is 2. The van der Waals surface area contributed by atoms with Crippen LogP contribution >= 0.6 is 0 Å². The van der Waals surface area contributed by atoms with Gasteiger partial charge in [-0.3, -0.25) is 14.5 Å². The summed E-state index contributed by atoms with van der Waals surface area (Å²) in [7, 11) is 1.56. The van der Waals surface area contributed by atoms with Crippen molar-refractivity contribution in [2.45, 2.75) is 6.17 Å². The van der Waals surface area contributed by atoms with E-state index in [-0.39, 0.29) is 18.4 Å². The van der Waals surface area contributed by atoms with E-state index in [4.69, 9.17) is 14.2 Å². The highest BCUT2D eigenvalue weighted by atomic mass is 16.5. The van der Waals surface area contributed by atoms with Gasteiger partial charge in [0.2, 0.25) is 0 Å². The maximum Gasteiger partial charge on any atom is 0.262 e. The van der Waals surface area contributed by atoms with Crippen LogP contribution in [0.3, 0.4) is 0 Å². The summed E-state index contributed by atoms with van der Waals surface area (Å²) in [5.74, 6) is 0.766. The van der Waals surface area contributed by atoms with E-state index in [2.05, 4.69) is 5.32 Å². The van der Waals surface area contributed by atoms with E-state index in [1.807, 2.05) is 66.7 Å². The predicted octanol–water partition coefficient (Wildman–Crippen LogP) is 3.70. The number of rotatable bonds is 6. The highest BCUT2D eigenvalue weighted by molar-refractivity contribution is 6.12. The van der Waals surface area contributed by atoms with E-state index in [1.165, 1.54) is 0 Å². The number of carbonyl (C=O) groups excluding carboxylic acids is 2. The smallest absolute Gasteiger partial charge is 0.262 e. The molecule has 1 atom stereocenters. The van der Waals surface area contributed by atoms with Crippen LogP contribution in [-0.4, -0.2) is 56.7 Å². The third-order valence-corrected chi connectivity index (χ3v) is 6.18. The molecular formula is C27H27N3O5. The Kier molecular flexibility index (Phi) is 6.54. The fourth-order valence-corrected chi connectivity index (χ4v) is 4.36. The molecule has 8 nitrogen and oxygen atoms in total. The Hall–Kier alpha value is -4.04. The third-order valence-electron chi connectivity index (χ3n) is 6.18. The molecule has 8 heteroatoms. The molecule has 180 valence electrons. The first kappa shape index (κ1) is 22.7. The normalized spacial score (nSPS) is 17.4. The Morgan fingerprint density at radius 3 is 2.51 bits per heavy atom. The van der Waals surface area contributed by atoms with Crippen LogP contribution in [0.1, 0.15) is 22.1 Å². The molecule has 1 fully saturated rings. The Bertz CT molecular complexity index is 1210. The molecule has 2 amide bonds. The summed E-state index contributed by atoms with van der Waals surface area (Å²) >= 11 is 0. The van der Waals surface area contributed by atoms with Gasteiger partial charge in [0, 0.05) is 24.5 Å². The number of nitrogens with zero attached hydrogens (tertiary/aromatic N) is 2. The number of para-hydroxylation sites is 2. The SMILES string of the molecule is COc1cc(C2Nc3ccccc3C(=O)N2c2ccccc2)ccc1OCC(=O)N1CCOCC1. The summed E-state index contributed by atoms with van der Waals surface area (Å²) in [6.45, 7) is 2.13. The zero-order chi connectivity index (χ0) is 24.2. The molecule has 0 radical (unpaired) electrons. The minimum Gasteiger partial charge on any atom is -0.493 e. The first-order chi connectivity index (χ1) is 17.2. The second-order valence-corrected chi connectivity index (χ2v) is 8.30. The van der Waals surface area contributed by atoms with Gasteiger partial charge in [0.15, 0.2) is 18.1 Å². The van der Waals surface area contributed by atoms with Crippen LogP contribution < -0.4 is 19.7 Å². The van der Waals surface area contributed by atoms with Gasteiger partial charge in [0.1, 0.15) is 6.17 Å². The zero-order valence-electron chi connectivity index (χ0n) is 19.5. The first-order valence-electron chi connectivity index (χ1n) is 11.6. The molecule has 2 aliphatic heterocycles. The summed E-state index contributed by atoms with van der Waals surface area (Å²) in [6.07, 6.45) is -0.460. The van der Waals surface area contributed by atoms with Crippen molar-refractivity contribution in [2.75, 3.05) is 50.2 Å². The molecule has 35 heavy (non-hydrogen) atoms. The van der Waals surface area contributed by atoms with E-state index in [0.717, 1.165) is 16.9 Å². The van der Waals surface area contributed by atoms with Gasteiger partial charge in [-0.05, 0) is 42.0 Å². The summed E-state index contributed by atoms with van der Waals surface area (Å²) in [5, 5.41) is 3.49. The number of methoxy groups -OCH3 is 1. The lowest BCUT2D eigenvalue weighted by molar-refractivity contribution is -0.137. The maximum atomic E-state index is 13.5. The van der Waals surface area contributed by atoms with Crippen molar-refractivity contribution in [3.8, 4) is 11.5 Å². The lowest BCUT2D eigenvalue weighted by Crippen LogP contribution is -2.43. The van der Waals surface area contributed by atoms with E-state index < -0.39 is 6.17 Å². The Labute approximate surface area is 204 Å². The largest absolute Gasteiger partial charge is 0.493 e. The van der Waals surface area contributed by atoms with Crippen LogP contribution in [0.15, 0.2) is 72.8 Å². The third kappa shape index (κ3) is 4.65. The van der Waals surface area contributed by atoms with E-state index in [9.17, 15) is 9.59 Å². The van der Waals surface area contributed by atoms with Gasteiger partial charge in [0.05, 0.1) is 25.9 Å². The average Bonchev–Trinajstić information content (AvgIpc) is 2.92. The minimum atomic E-state index is -0.460. The molecular weight excluding hydrogens is 446 g/mol. The molecule has 0 spiro atoms. The van der Waals surface area contributed by atoms with Crippen molar-refractivity contribution in [3.05, 3.63) is 83.9 Å². The second-order valence-electron chi connectivity index (χ2n) is 8.30. The average molecular weight is 474 g/mol. The number of morpholine rings is 1. The van der Waals surface area contributed by atoms with Crippen molar-refractivity contribution in [2.24, 2.45) is 0 Å². The molecule has 5 rings (SSSR count). The molecule has 3 aromatic carbocycles. The fourth-order valence-electron chi connectivity index (χ4n) is 4.36. The number of ether oxygens (including phenoxy) is 3. The molecule has 2 heterocycles.